The topological polar surface area (TPSA) is 105 Å². The van der Waals surface area contributed by atoms with Gasteiger partial charge in [-0.25, -0.2) is 9.18 Å². The summed E-state index contributed by atoms with van der Waals surface area (Å²) in [7, 11) is 0. The minimum absolute atomic E-state index is 0.0236. The lowest BCUT2D eigenvalue weighted by atomic mass is 9.88. The summed E-state index contributed by atoms with van der Waals surface area (Å²) in [4.78, 5) is 64.6. The summed E-state index contributed by atoms with van der Waals surface area (Å²) in [6, 6.07) is 5.22. The SMILES string of the molecule is CC(C)N(C(=O)c1cc(F)ccc1-n1cc(C(=O)C2CCN(C(=O)[C@@H]3[C@H]4CC[C@H](C4)N3C(=O)OC(C)(C)C)CC2)c2ccncc21)C(C)C. The van der Waals surface area contributed by atoms with Gasteiger partial charge in [0.15, 0.2) is 5.78 Å². The predicted octanol–water partition coefficient (Wildman–Crippen LogP) is 6.63. The van der Waals surface area contributed by atoms with Crippen LogP contribution in [0.5, 0.6) is 0 Å². The van der Waals surface area contributed by atoms with Crippen molar-refractivity contribution in [3.8, 4) is 5.69 Å². The van der Waals surface area contributed by atoms with Crippen LogP contribution in [0.4, 0.5) is 9.18 Å². The number of nitrogens with zero attached hydrogens (tertiary/aromatic N) is 5. The number of halogens is 1. The molecule has 0 unspecified atom stereocenters. The minimum atomic E-state index is -0.652. The van der Waals surface area contributed by atoms with Crippen LogP contribution < -0.4 is 0 Å². The zero-order valence-corrected chi connectivity index (χ0v) is 29.6. The number of pyridine rings is 1. The van der Waals surface area contributed by atoms with Crippen molar-refractivity contribution in [2.24, 2.45) is 11.8 Å². The van der Waals surface area contributed by atoms with Gasteiger partial charge in [0, 0.05) is 60.5 Å². The smallest absolute Gasteiger partial charge is 0.411 e. The molecule has 0 spiro atoms. The second-order valence-electron chi connectivity index (χ2n) is 15.4. The van der Waals surface area contributed by atoms with Gasteiger partial charge < -0.3 is 19.1 Å². The third-order valence-electron chi connectivity index (χ3n) is 10.3. The lowest BCUT2D eigenvalue weighted by Crippen LogP contribution is -2.56. The summed E-state index contributed by atoms with van der Waals surface area (Å²) >= 11 is 0. The maximum Gasteiger partial charge on any atom is 0.411 e. The van der Waals surface area contributed by atoms with E-state index in [4.69, 9.17) is 4.74 Å². The number of Topliss-reactive ketones (excluding diaryl/α,β-unsaturated/α-hetero) is 1. The van der Waals surface area contributed by atoms with Gasteiger partial charge in [-0.3, -0.25) is 24.3 Å². The number of piperidine rings is 2. The predicted molar refractivity (Wildman–Crippen MR) is 184 cm³/mol. The molecule has 0 N–H and O–H groups in total. The average Bonchev–Trinajstić information content (AvgIpc) is 3.77. The molecule has 3 fully saturated rings. The van der Waals surface area contributed by atoms with Gasteiger partial charge in [0.2, 0.25) is 5.91 Å². The summed E-state index contributed by atoms with van der Waals surface area (Å²) in [5.74, 6) is -1.11. The number of benzene rings is 1. The minimum Gasteiger partial charge on any atom is -0.444 e. The number of carbonyl (C=O) groups is 4. The summed E-state index contributed by atoms with van der Waals surface area (Å²) < 4.78 is 22.1. The van der Waals surface area contributed by atoms with E-state index in [-0.39, 0.29) is 53.1 Å². The number of aromatic nitrogens is 2. The van der Waals surface area contributed by atoms with Gasteiger partial charge >= 0.3 is 6.09 Å². The lowest BCUT2D eigenvalue weighted by molar-refractivity contribution is -0.139. The van der Waals surface area contributed by atoms with Crippen LogP contribution in [0.15, 0.2) is 42.9 Å². The summed E-state index contributed by atoms with van der Waals surface area (Å²) in [5.41, 5.74) is 1.16. The van der Waals surface area contributed by atoms with Crippen molar-refractivity contribution in [2.75, 3.05) is 13.1 Å². The van der Waals surface area contributed by atoms with Crippen molar-refractivity contribution in [1.29, 1.82) is 0 Å². The highest BCUT2D eigenvalue weighted by Crippen LogP contribution is 2.44. The molecule has 3 amide bonds. The zero-order valence-electron chi connectivity index (χ0n) is 29.6. The van der Waals surface area contributed by atoms with Crippen molar-refractivity contribution in [3.63, 3.8) is 0 Å². The lowest BCUT2D eigenvalue weighted by Gasteiger charge is -2.39. The van der Waals surface area contributed by atoms with Crippen molar-refractivity contribution in [3.05, 3.63) is 59.8 Å². The van der Waals surface area contributed by atoms with E-state index in [2.05, 4.69) is 4.98 Å². The standard InChI is InChI=1S/C38H48FN5O5/c1-22(2)43(23(3)4)35(46)29-19-26(39)9-11-31(29)42-21-30(28-12-15-40-20-32(28)42)34(45)24-13-16-41(17-14-24)36(47)33-25-8-10-27(18-25)44(33)37(48)49-38(5,6)7/h9,11-12,15,19-25,27,33H,8,10,13-14,16-18H2,1-7H3/t25-,27+,33-/m0/s1. The number of amides is 3. The van der Waals surface area contributed by atoms with Crippen LogP contribution in [-0.2, 0) is 9.53 Å². The van der Waals surface area contributed by atoms with Crippen molar-refractivity contribution in [1.82, 2.24) is 24.3 Å². The van der Waals surface area contributed by atoms with Crippen LogP contribution in [0.3, 0.4) is 0 Å². The Morgan fingerprint density at radius 2 is 1.65 bits per heavy atom. The fraction of sp³-hybridized carbons (Fsp3) is 0.553. The Balaban J connectivity index is 1.23. The fourth-order valence-corrected chi connectivity index (χ4v) is 8.22. The Kier molecular flexibility index (Phi) is 9.32. The summed E-state index contributed by atoms with van der Waals surface area (Å²) in [5, 5.41) is 0.695. The molecular weight excluding hydrogens is 625 g/mol. The van der Waals surface area contributed by atoms with Gasteiger partial charge in [0.05, 0.1) is 23.0 Å². The highest BCUT2D eigenvalue weighted by atomic mass is 19.1. The van der Waals surface area contributed by atoms with Crippen molar-refractivity contribution < 1.29 is 28.3 Å². The molecule has 11 heteroatoms. The van der Waals surface area contributed by atoms with E-state index in [0.717, 1.165) is 19.3 Å². The van der Waals surface area contributed by atoms with Crippen LogP contribution in [0.1, 0.15) is 101 Å². The van der Waals surface area contributed by atoms with Gasteiger partial charge in [-0.05, 0) is 111 Å². The number of carbonyl (C=O) groups excluding carboxylic acids is 4. The van der Waals surface area contributed by atoms with Gasteiger partial charge in [-0.2, -0.15) is 0 Å². The Bertz CT molecular complexity index is 1760. The molecule has 2 saturated heterocycles. The molecule has 3 aromatic rings. The zero-order chi connectivity index (χ0) is 35.4. The van der Waals surface area contributed by atoms with E-state index < -0.39 is 23.6 Å². The molecule has 2 aromatic heterocycles. The van der Waals surface area contributed by atoms with Gasteiger partial charge in [0.1, 0.15) is 17.5 Å². The molecule has 1 saturated carbocycles. The Hall–Kier alpha value is -4.28. The maximum absolute atomic E-state index is 14.6. The molecule has 0 radical (unpaired) electrons. The van der Waals surface area contributed by atoms with Gasteiger partial charge in [-0.15, -0.1) is 0 Å². The highest BCUT2D eigenvalue weighted by molar-refractivity contribution is 6.10. The molecule has 49 heavy (non-hydrogen) atoms. The first-order valence-corrected chi connectivity index (χ1v) is 17.6. The second-order valence-corrected chi connectivity index (χ2v) is 15.4. The van der Waals surface area contributed by atoms with Crippen molar-refractivity contribution in [2.45, 2.75) is 110 Å². The molecule has 3 aliphatic rings. The first-order valence-electron chi connectivity index (χ1n) is 17.6. The largest absolute Gasteiger partial charge is 0.444 e. The molecule has 2 bridgehead atoms. The monoisotopic (exact) mass is 673 g/mol. The summed E-state index contributed by atoms with van der Waals surface area (Å²) in [6.45, 7) is 14.0. The number of ketones is 1. The number of rotatable bonds is 7. The Labute approximate surface area is 287 Å². The van der Waals surface area contributed by atoms with E-state index in [9.17, 15) is 23.6 Å². The number of fused-ring (bicyclic) bond motifs is 3. The van der Waals surface area contributed by atoms with Crippen LogP contribution in [0.2, 0.25) is 0 Å². The number of likely N-dealkylation sites (tertiary alicyclic amines) is 2. The molecular formula is C38H48FN5O5. The van der Waals surface area contributed by atoms with E-state index in [1.54, 1.807) is 45.1 Å². The summed E-state index contributed by atoms with van der Waals surface area (Å²) in [6.07, 6.45) is 8.20. The van der Waals surface area contributed by atoms with E-state index in [1.165, 1.54) is 12.1 Å². The molecule has 1 aliphatic carbocycles. The molecule has 3 atom stereocenters. The van der Waals surface area contributed by atoms with Crippen LogP contribution in [0.25, 0.3) is 16.6 Å². The molecule has 6 rings (SSSR count). The van der Waals surface area contributed by atoms with E-state index in [0.29, 0.717) is 48.1 Å². The average molecular weight is 674 g/mol. The van der Waals surface area contributed by atoms with E-state index in [1.807, 2.05) is 53.4 Å². The fourth-order valence-electron chi connectivity index (χ4n) is 8.22. The highest BCUT2D eigenvalue weighted by Gasteiger charge is 2.53. The Morgan fingerprint density at radius 1 is 0.959 bits per heavy atom. The van der Waals surface area contributed by atoms with Crippen LogP contribution >= 0.6 is 0 Å². The first-order chi connectivity index (χ1) is 23.2. The van der Waals surface area contributed by atoms with Crippen LogP contribution in [-0.4, -0.2) is 90.8 Å². The van der Waals surface area contributed by atoms with Crippen LogP contribution in [0, 0.1) is 17.7 Å². The number of hydrogen-bond donors (Lipinski definition) is 0. The number of ether oxygens (including phenoxy) is 1. The number of hydrogen-bond acceptors (Lipinski definition) is 6. The molecule has 10 nitrogen and oxygen atoms in total. The first kappa shape index (κ1) is 34.6. The molecule has 4 heterocycles. The van der Waals surface area contributed by atoms with E-state index >= 15 is 0 Å². The quantitative estimate of drug-likeness (QED) is 0.261. The van der Waals surface area contributed by atoms with Gasteiger partial charge in [-0.1, -0.05) is 0 Å². The molecule has 1 aromatic carbocycles. The maximum atomic E-state index is 14.6. The Morgan fingerprint density at radius 3 is 2.31 bits per heavy atom. The third-order valence-corrected chi connectivity index (χ3v) is 10.3. The third kappa shape index (κ3) is 6.56. The normalized spacial score (nSPS) is 21.2. The molecule has 2 aliphatic heterocycles. The molecule has 262 valence electrons. The second kappa shape index (κ2) is 13.2. The van der Waals surface area contributed by atoms with Gasteiger partial charge in [0.25, 0.3) is 5.91 Å². The van der Waals surface area contributed by atoms with Crippen molar-refractivity contribution >= 4 is 34.6 Å².